The number of hydrogen-bond donors (Lipinski definition) is 2. The smallest absolute Gasteiger partial charge is 0.226 e. The summed E-state index contributed by atoms with van der Waals surface area (Å²) in [7, 11) is 5.64. The van der Waals surface area contributed by atoms with Crippen molar-refractivity contribution >= 4 is 22.5 Å². The molecule has 6 nitrogen and oxygen atoms in total. The summed E-state index contributed by atoms with van der Waals surface area (Å²) in [5.74, 6) is 0.761. The fraction of sp³-hybridized carbons (Fsp3) is 0.273. The summed E-state index contributed by atoms with van der Waals surface area (Å²) in [5, 5.41) is 3.99. The van der Waals surface area contributed by atoms with E-state index in [0.29, 0.717) is 12.2 Å². The predicted octanol–water partition coefficient (Wildman–Crippen LogP) is 2.79. The molecule has 1 amide bonds. The first-order chi connectivity index (χ1) is 13.5. The molecule has 28 heavy (non-hydrogen) atoms. The van der Waals surface area contributed by atoms with Gasteiger partial charge in [0.15, 0.2) is 0 Å². The Labute approximate surface area is 165 Å². The number of ether oxygens (including phenoxy) is 1. The van der Waals surface area contributed by atoms with Gasteiger partial charge in [-0.3, -0.25) is 9.78 Å². The van der Waals surface area contributed by atoms with Gasteiger partial charge >= 0.3 is 0 Å². The maximum atomic E-state index is 12.5. The zero-order valence-corrected chi connectivity index (χ0v) is 16.5. The molecule has 0 bridgehead atoms. The summed E-state index contributed by atoms with van der Waals surface area (Å²) in [6, 6.07) is 17.4. The van der Waals surface area contributed by atoms with Crippen LogP contribution >= 0.6 is 0 Å². The number of carbonyl (C=O) groups excluding carboxylic acids is 1. The summed E-state index contributed by atoms with van der Waals surface area (Å²) in [5.41, 5.74) is 9.19. The third-order valence-electron chi connectivity index (χ3n) is 4.73. The average Bonchev–Trinajstić information content (AvgIpc) is 2.68. The number of anilines is 1. The number of hydrogen-bond acceptors (Lipinski definition) is 5. The van der Waals surface area contributed by atoms with Crippen molar-refractivity contribution < 1.29 is 9.53 Å². The molecule has 1 aromatic heterocycles. The second kappa shape index (κ2) is 8.71. The van der Waals surface area contributed by atoms with Crippen LogP contribution in [0.25, 0.3) is 10.9 Å². The number of benzene rings is 2. The maximum Gasteiger partial charge on any atom is 0.226 e. The number of pyridine rings is 1. The number of rotatable bonds is 7. The standard InChI is InChI=1S/C22H26N4O2/c1-26(2)21(15-5-9-19(28-3)10-6-15)14-24-22(27)13-18-8-4-16-12-17(23)7-11-20(16)25-18/h4-12,21H,13-14,23H2,1-3H3,(H,24,27). The van der Waals surface area contributed by atoms with Crippen LogP contribution in [0, 0.1) is 0 Å². The molecule has 0 aliphatic rings. The van der Waals surface area contributed by atoms with Crippen molar-refractivity contribution in [1.82, 2.24) is 15.2 Å². The summed E-state index contributed by atoms with van der Waals surface area (Å²) >= 11 is 0. The van der Waals surface area contributed by atoms with Crippen molar-refractivity contribution in [2.24, 2.45) is 0 Å². The molecule has 3 aromatic rings. The largest absolute Gasteiger partial charge is 0.497 e. The minimum Gasteiger partial charge on any atom is -0.497 e. The third kappa shape index (κ3) is 4.78. The quantitative estimate of drug-likeness (QED) is 0.618. The van der Waals surface area contributed by atoms with Gasteiger partial charge in [-0.15, -0.1) is 0 Å². The highest BCUT2D eigenvalue weighted by molar-refractivity contribution is 5.83. The second-order valence-electron chi connectivity index (χ2n) is 6.99. The number of nitrogen functional groups attached to an aromatic ring is 1. The SMILES string of the molecule is COc1ccc(C(CNC(=O)Cc2ccc3cc(N)ccc3n2)N(C)C)cc1. The molecule has 0 fully saturated rings. The van der Waals surface area contributed by atoms with E-state index in [4.69, 9.17) is 10.5 Å². The predicted molar refractivity (Wildman–Crippen MR) is 112 cm³/mol. The van der Waals surface area contributed by atoms with Crippen LogP contribution in [0.4, 0.5) is 5.69 Å². The monoisotopic (exact) mass is 378 g/mol. The molecule has 0 aliphatic carbocycles. The molecule has 0 saturated carbocycles. The molecule has 0 saturated heterocycles. The second-order valence-corrected chi connectivity index (χ2v) is 6.99. The molecule has 1 unspecified atom stereocenters. The van der Waals surface area contributed by atoms with Crippen molar-refractivity contribution in [3.05, 3.63) is 65.9 Å². The molecular weight excluding hydrogens is 352 g/mol. The van der Waals surface area contributed by atoms with Crippen LogP contribution in [0.1, 0.15) is 17.3 Å². The van der Waals surface area contributed by atoms with Crippen molar-refractivity contribution in [1.29, 1.82) is 0 Å². The number of likely N-dealkylation sites (N-methyl/N-ethyl adjacent to an activating group) is 1. The highest BCUT2D eigenvalue weighted by Gasteiger charge is 2.16. The minimum absolute atomic E-state index is 0.0531. The lowest BCUT2D eigenvalue weighted by atomic mass is 10.1. The lowest BCUT2D eigenvalue weighted by Crippen LogP contribution is -2.35. The highest BCUT2D eigenvalue weighted by Crippen LogP contribution is 2.21. The molecule has 0 aliphatic heterocycles. The van der Waals surface area contributed by atoms with E-state index in [1.54, 1.807) is 7.11 Å². The zero-order valence-electron chi connectivity index (χ0n) is 16.5. The van der Waals surface area contributed by atoms with Gasteiger partial charge in [-0.1, -0.05) is 18.2 Å². The van der Waals surface area contributed by atoms with Crippen LogP contribution in [0.5, 0.6) is 5.75 Å². The van der Waals surface area contributed by atoms with E-state index in [1.165, 1.54) is 0 Å². The molecule has 2 aromatic carbocycles. The fourth-order valence-electron chi connectivity index (χ4n) is 3.15. The van der Waals surface area contributed by atoms with Gasteiger partial charge in [0, 0.05) is 17.6 Å². The van der Waals surface area contributed by atoms with Gasteiger partial charge in [-0.05, 0) is 56.1 Å². The molecule has 6 heteroatoms. The van der Waals surface area contributed by atoms with Gasteiger partial charge in [0.05, 0.1) is 30.8 Å². The Morgan fingerprint density at radius 3 is 2.57 bits per heavy atom. The Balaban J connectivity index is 1.63. The van der Waals surface area contributed by atoms with E-state index < -0.39 is 0 Å². The Kier molecular flexibility index (Phi) is 6.11. The normalized spacial score (nSPS) is 12.1. The number of fused-ring (bicyclic) bond motifs is 1. The molecule has 0 radical (unpaired) electrons. The lowest BCUT2D eigenvalue weighted by Gasteiger charge is -2.25. The maximum absolute atomic E-state index is 12.5. The van der Waals surface area contributed by atoms with Gasteiger partial charge in [-0.25, -0.2) is 0 Å². The van der Waals surface area contributed by atoms with E-state index in [0.717, 1.165) is 27.9 Å². The summed E-state index contributed by atoms with van der Waals surface area (Å²) < 4.78 is 5.21. The van der Waals surface area contributed by atoms with Gasteiger partial charge in [0.2, 0.25) is 5.91 Å². The van der Waals surface area contributed by atoms with Crippen LogP contribution in [0.3, 0.4) is 0 Å². The van der Waals surface area contributed by atoms with Crippen molar-refractivity contribution in [2.45, 2.75) is 12.5 Å². The van der Waals surface area contributed by atoms with E-state index in [2.05, 4.69) is 15.2 Å². The van der Waals surface area contributed by atoms with Gasteiger partial charge < -0.3 is 20.7 Å². The Morgan fingerprint density at radius 2 is 1.89 bits per heavy atom. The Bertz CT molecular complexity index is 954. The first-order valence-corrected chi connectivity index (χ1v) is 9.18. The molecule has 1 atom stereocenters. The van der Waals surface area contributed by atoms with Crippen LogP contribution in [-0.4, -0.2) is 43.5 Å². The third-order valence-corrected chi connectivity index (χ3v) is 4.73. The molecular formula is C22H26N4O2. The van der Waals surface area contributed by atoms with E-state index in [1.807, 2.05) is 68.7 Å². The number of nitrogens with one attached hydrogen (secondary N) is 1. The first-order valence-electron chi connectivity index (χ1n) is 9.18. The highest BCUT2D eigenvalue weighted by atomic mass is 16.5. The zero-order chi connectivity index (χ0) is 20.1. The number of methoxy groups -OCH3 is 1. The number of nitrogens with zero attached hydrogens (tertiary/aromatic N) is 2. The summed E-state index contributed by atoms with van der Waals surface area (Å²) in [6.07, 6.45) is 0.239. The molecule has 0 spiro atoms. The van der Waals surface area contributed by atoms with Crippen LogP contribution < -0.4 is 15.8 Å². The number of nitrogens with two attached hydrogens (primary N) is 1. The average molecular weight is 378 g/mol. The van der Waals surface area contributed by atoms with Gasteiger partial charge in [-0.2, -0.15) is 0 Å². The van der Waals surface area contributed by atoms with Gasteiger partial charge in [0.25, 0.3) is 0 Å². The number of carbonyl (C=O) groups is 1. The number of amides is 1. The first kappa shape index (κ1) is 19.6. The van der Waals surface area contributed by atoms with E-state index >= 15 is 0 Å². The Hall–Kier alpha value is -3.12. The van der Waals surface area contributed by atoms with Crippen molar-refractivity contribution in [3.8, 4) is 5.75 Å². The van der Waals surface area contributed by atoms with Gasteiger partial charge in [0.1, 0.15) is 5.75 Å². The minimum atomic E-state index is -0.0531. The van der Waals surface area contributed by atoms with Crippen molar-refractivity contribution in [3.63, 3.8) is 0 Å². The topological polar surface area (TPSA) is 80.5 Å². The molecule has 3 rings (SSSR count). The van der Waals surface area contributed by atoms with E-state index in [-0.39, 0.29) is 18.4 Å². The number of aromatic nitrogens is 1. The van der Waals surface area contributed by atoms with Crippen LogP contribution in [0.15, 0.2) is 54.6 Å². The van der Waals surface area contributed by atoms with Crippen LogP contribution in [-0.2, 0) is 11.2 Å². The Morgan fingerprint density at radius 1 is 1.14 bits per heavy atom. The molecule has 1 heterocycles. The molecule has 3 N–H and O–H groups in total. The fourth-order valence-corrected chi connectivity index (χ4v) is 3.15. The van der Waals surface area contributed by atoms with Crippen LogP contribution in [0.2, 0.25) is 0 Å². The van der Waals surface area contributed by atoms with Crippen molar-refractivity contribution in [2.75, 3.05) is 33.5 Å². The lowest BCUT2D eigenvalue weighted by molar-refractivity contribution is -0.120. The molecule has 146 valence electrons. The van der Waals surface area contributed by atoms with E-state index in [9.17, 15) is 4.79 Å². The summed E-state index contributed by atoms with van der Waals surface area (Å²) in [6.45, 7) is 0.516. The summed E-state index contributed by atoms with van der Waals surface area (Å²) in [4.78, 5) is 19.1.